The Morgan fingerprint density at radius 3 is 2.71 bits per heavy atom. The van der Waals surface area contributed by atoms with E-state index >= 15 is 0 Å². The third-order valence-corrected chi connectivity index (χ3v) is 2.27. The van der Waals surface area contributed by atoms with E-state index in [1.807, 2.05) is 0 Å². The molecule has 0 fully saturated rings. The highest BCUT2D eigenvalue weighted by Crippen LogP contribution is 2.13. The molecule has 1 atom stereocenters. The van der Waals surface area contributed by atoms with Crippen LogP contribution in [0.2, 0.25) is 0 Å². The topological polar surface area (TPSA) is 98.1 Å². The first-order chi connectivity index (χ1) is 6.56. The second-order valence-electron chi connectivity index (χ2n) is 3.30. The molecule has 0 heterocycles. The molecule has 6 nitrogen and oxygen atoms in total. The van der Waals surface area contributed by atoms with E-state index in [-0.39, 0.29) is 0 Å². The van der Waals surface area contributed by atoms with E-state index in [1.165, 1.54) is 0 Å². The first kappa shape index (κ1) is 12.7. The Labute approximate surface area is 82.9 Å². The number of carboxylic acids is 1. The number of hydrogen-bond donors (Lipinski definition) is 2. The number of carbonyl (C=O) groups is 1. The highest BCUT2D eigenvalue weighted by molar-refractivity contribution is 5.78. The molecule has 0 aromatic rings. The fourth-order valence-corrected chi connectivity index (χ4v) is 1.04. The van der Waals surface area contributed by atoms with Crippen molar-refractivity contribution in [3.63, 3.8) is 0 Å². The van der Waals surface area contributed by atoms with Gasteiger partial charge in [-0.2, -0.15) is 0 Å². The van der Waals surface area contributed by atoms with Gasteiger partial charge in [-0.05, 0) is 32.3 Å². The van der Waals surface area contributed by atoms with Gasteiger partial charge in [0, 0.05) is 11.5 Å². The predicted molar refractivity (Wildman–Crippen MR) is 53.0 cm³/mol. The Bertz CT molecular complexity index is 237. The molecule has 6 heteroatoms. The SMILES string of the molecule is CN[C@](C)(CCCCN=[N+]=[N-])C(=O)O. The molecule has 80 valence electrons. The summed E-state index contributed by atoms with van der Waals surface area (Å²) in [5.41, 5.74) is 7.13. The lowest BCUT2D eigenvalue weighted by molar-refractivity contribution is -0.144. The van der Waals surface area contributed by atoms with E-state index in [4.69, 9.17) is 10.6 Å². The molecule has 0 radical (unpaired) electrons. The van der Waals surface area contributed by atoms with Crippen molar-refractivity contribution in [1.29, 1.82) is 0 Å². The van der Waals surface area contributed by atoms with Crippen molar-refractivity contribution >= 4 is 5.97 Å². The van der Waals surface area contributed by atoms with Crippen LogP contribution in [0.5, 0.6) is 0 Å². The van der Waals surface area contributed by atoms with Crippen LogP contribution in [0, 0.1) is 0 Å². The molecule has 0 aromatic heterocycles. The van der Waals surface area contributed by atoms with Crippen molar-refractivity contribution in [2.24, 2.45) is 5.11 Å². The number of aliphatic carboxylic acids is 1. The summed E-state index contributed by atoms with van der Waals surface area (Å²) in [5.74, 6) is -0.858. The number of hydrogen-bond acceptors (Lipinski definition) is 3. The average molecular weight is 200 g/mol. The molecule has 14 heavy (non-hydrogen) atoms. The van der Waals surface area contributed by atoms with Gasteiger partial charge in [0.05, 0.1) is 0 Å². The van der Waals surface area contributed by atoms with E-state index in [0.717, 1.165) is 6.42 Å². The molecule has 0 aliphatic rings. The summed E-state index contributed by atoms with van der Waals surface area (Å²) in [4.78, 5) is 13.4. The van der Waals surface area contributed by atoms with Crippen molar-refractivity contribution in [1.82, 2.24) is 5.32 Å². The van der Waals surface area contributed by atoms with Gasteiger partial charge in [0.1, 0.15) is 5.54 Å². The summed E-state index contributed by atoms with van der Waals surface area (Å²) in [6.07, 6.45) is 1.97. The maximum atomic E-state index is 10.8. The number of rotatable bonds is 7. The molecule has 0 saturated carbocycles. The summed E-state index contributed by atoms with van der Waals surface area (Å²) in [6.45, 7) is 2.07. The summed E-state index contributed by atoms with van der Waals surface area (Å²) >= 11 is 0. The van der Waals surface area contributed by atoms with E-state index in [1.54, 1.807) is 14.0 Å². The van der Waals surface area contributed by atoms with Gasteiger partial charge in [0.25, 0.3) is 0 Å². The first-order valence-electron chi connectivity index (χ1n) is 4.50. The molecule has 0 aliphatic heterocycles. The maximum absolute atomic E-state index is 10.8. The van der Waals surface area contributed by atoms with E-state index in [0.29, 0.717) is 19.4 Å². The first-order valence-corrected chi connectivity index (χ1v) is 4.50. The molecule has 0 rings (SSSR count). The van der Waals surface area contributed by atoms with Gasteiger partial charge >= 0.3 is 5.97 Å². The van der Waals surface area contributed by atoms with Crippen molar-refractivity contribution in [3.8, 4) is 0 Å². The Morgan fingerprint density at radius 1 is 1.64 bits per heavy atom. The summed E-state index contributed by atoms with van der Waals surface area (Å²) < 4.78 is 0. The Kier molecular flexibility index (Phi) is 5.67. The lowest BCUT2D eigenvalue weighted by atomic mass is 9.95. The van der Waals surface area contributed by atoms with Gasteiger partial charge in [-0.15, -0.1) is 0 Å². The molecule has 0 aliphatic carbocycles. The van der Waals surface area contributed by atoms with Crippen LogP contribution in [0.1, 0.15) is 26.2 Å². The summed E-state index contributed by atoms with van der Waals surface area (Å²) in [7, 11) is 1.63. The lowest BCUT2D eigenvalue weighted by Crippen LogP contribution is -2.47. The van der Waals surface area contributed by atoms with E-state index in [9.17, 15) is 4.79 Å². The predicted octanol–water partition coefficient (Wildman–Crippen LogP) is 1.53. The number of unbranched alkanes of at least 4 members (excludes halogenated alkanes) is 1. The molecular formula is C8H16N4O2. The van der Waals surface area contributed by atoms with Crippen LogP contribution >= 0.6 is 0 Å². The highest BCUT2D eigenvalue weighted by atomic mass is 16.4. The minimum absolute atomic E-state index is 0.427. The monoisotopic (exact) mass is 200 g/mol. The molecular weight excluding hydrogens is 184 g/mol. The minimum Gasteiger partial charge on any atom is -0.480 e. The zero-order chi connectivity index (χ0) is 11.0. The quantitative estimate of drug-likeness (QED) is 0.282. The highest BCUT2D eigenvalue weighted by Gasteiger charge is 2.29. The van der Waals surface area contributed by atoms with Gasteiger partial charge < -0.3 is 10.4 Å². The Hall–Kier alpha value is -1.26. The second-order valence-corrected chi connectivity index (χ2v) is 3.30. The molecule has 0 bridgehead atoms. The van der Waals surface area contributed by atoms with Crippen molar-refractivity contribution < 1.29 is 9.90 Å². The number of likely N-dealkylation sites (N-methyl/N-ethyl adjacent to an activating group) is 1. The van der Waals surface area contributed by atoms with Gasteiger partial charge in [-0.3, -0.25) is 4.79 Å². The van der Waals surface area contributed by atoms with Crippen LogP contribution in [0.4, 0.5) is 0 Å². The van der Waals surface area contributed by atoms with Crippen LogP contribution in [-0.2, 0) is 4.79 Å². The van der Waals surface area contributed by atoms with Crippen molar-refractivity contribution in [2.45, 2.75) is 31.7 Å². The average Bonchev–Trinajstić information content (AvgIpc) is 2.17. The van der Waals surface area contributed by atoms with Crippen LogP contribution in [0.3, 0.4) is 0 Å². The zero-order valence-corrected chi connectivity index (χ0v) is 8.53. The second kappa shape index (κ2) is 6.23. The number of carboxylic acid groups (broad SMARTS) is 1. The lowest BCUT2D eigenvalue weighted by Gasteiger charge is -2.23. The largest absolute Gasteiger partial charge is 0.480 e. The fourth-order valence-electron chi connectivity index (χ4n) is 1.04. The van der Waals surface area contributed by atoms with Crippen molar-refractivity contribution in [2.75, 3.05) is 13.6 Å². The third-order valence-electron chi connectivity index (χ3n) is 2.27. The van der Waals surface area contributed by atoms with Gasteiger partial charge in [-0.1, -0.05) is 11.5 Å². The van der Waals surface area contributed by atoms with Crippen LogP contribution in [-0.4, -0.2) is 30.2 Å². The van der Waals surface area contributed by atoms with Crippen LogP contribution < -0.4 is 5.32 Å². The molecule has 0 saturated heterocycles. The summed E-state index contributed by atoms with van der Waals surface area (Å²) in [6, 6.07) is 0. The van der Waals surface area contributed by atoms with Gasteiger partial charge in [-0.25, -0.2) is 0 Å². The fraction of sp³-hybridized carbons (Fsp3) is 0.875. The number of azide groups is 1. The molecule has 0 amide bonds. The van der Waals surface area contributed by atoms with E-state index < -0.39 is 11.5 Å². The zero-order valence-electron chi connectivity index (χ0n) is 8.53. The van der Waals surface area contributed by atoms with Crippen molar-refractivity contribution in [3.05, 3.63) is 10.4 Å². The Morgan fingerprint density at radius 2 is 2.29 bits per heavy atom. The van der Waals surface area contributed by atoms with Gasteiger partial charge in [0.2, 0.25) is 0 Å². The minimum atomic E-state index is -0.879. The third kappa shape index (κ3) is 4.11. The van der Waals surface area contributed by atoms with Crippen LogP contribution in [0.15, 0.2) is 5.11 Å². The smallest absolute Gasteiger partial charge is 0.323 e. The molecule has 2 N–H and O–H groups in total. The normalized spacial score (nSPS) is 14.1. The van der Waals surface area contributed by atoms with Crippen LogP contribution in [0.25, 0.3) is 10.4 Å². The molecule has 0 unspecified atom stereocenters. The summed E-state index contributed by atoms with van der Waals surface area (Å²) in [5, 5.41) is 15.0. The standard InChI is InChI=1S/C8H16N4O2/c1-8(10-2,7(13)14)5-3-4-6-11-12-9/h10H,3-6H2,1-2H3,(H,13,14)/t8-/m1/s1. The Balaban J connectivity index is 3.84. The molecule has 0 aromatic carbocycles. The number of nitrogens with zero attached hydrogens (tertiary/aromatic N) is 3. The molecule has 0 spiro atoms. The van der Waals surface area contributed by atoms with E-state index in [2.05, 4.69) is 15.3 Å². The van der Waals surface area contributed by atoms with Gasteiger partial charge in [0.15, 0.2) is 0 Å². The maximum Gasteiger partial charge on any atom is 0.323 e. The number of nitrogens with one attached hydrogen (secondary N) is 1.